The van der Waals surface area contributed by atoms with Crippen LogP contribution >= 0.6 is 0 Å². The van der Waals surface area contributed by atoms with Crippen LogP contribution in [0.5, 0.6) is 0 Å². The second-order valence-electron chi connectivity index (χ2n) is 3.73. The van der Waals surface area contributed by atoms with E-state index in [4.69, 9.17) is 5.73 Å². The molecule has 0 aliphatic carbocycles. The maximum absolute atomic E-state index is 5.71. The molecule has 1 aromatic heterocycles. The van der Waals surface area contributed by atoms with Gasteiger partial charge in [-0.15, -0.1) is 0 Å². The number of hydrogen-bond donors (Lipinski definition) is 2. The molecule has 0 bridgehead atoms. The molecule has 1 aromatic carbocycles. The third-order valence-corrected chi connectivity index (χ3v) is 2.36. The van der Waals surface area contributed by atoms with Gasteiger partial charge in [0.05, 0.1) is 0 Å². The number of nitrogens with zero attached hydrogens (tertiary/aromatic N) is 2. The van der Waals surface area contributed by atoms with Gasteiger partial charge in [0.2, 0.25) is 0 Å². The summed E-state index contributed by atoms with van der Waals surface area (Å²) in [6.07, 6.45) is 3.19. The van der Waals surface area contributed by atoms with Gasteiger partial charge in [-0.2, -0.15) is 0 Å². The highest BCUT2D eigenvalue weighted by Gasteiger charge is 2.03. The van der Waals surface area contributed by atoms with E-state index in [9.17, 15) is 0 Å². The topological polar surface area (TPSA) is 63.8 Å². The Kier molecular flexibility index (Phi) is 2.72. The number of hydrogen-bond acceptors (Lipinski definition) is 4. The summed E-state index contributed by atoms with van der Waals surface area (Å²) in [5.41, 5.74) is 9.10. The Morgan fingerprint density at radius 1 is 1.12 bits per heavy atom. The fourth-order valence-corrected chi connectivity index (χ4v) is 1.53. The van der Waals surface area contributed by atoms with E-state index in [1.165, 1.54) is 5.56 Å². The normalized spacial score (nSPS) is 10.1. The first kappa shape index (κ1) is 10.4. The molecule has 0 aliphatic heterocycles. The highest BCUT2D eigenvalue weighted by atomic mass is 15.1. The van der Waals surface area contributed by atoms with Gasteiger partial charge in [0.1, 0.15) is 0 Å². The van der Waals surface area contributed by atoms with Crippen molar-refractivity contribution in [2.24, 2.45) is 0 Å². The smallest absolute Gasteiger partial charge is 0.173 e. The van der Waals surface area contributed by atoms with Crippen LogP contribution in [0.1, 0.15) is 11.1 Å². The zero-order chi connectivity index (χ0) is 11.5. The van der Waals surface area contributed by atoms with E-state index < -0.39 is 0 Å². The maximum atomic E-state index is 5.71. The number of aryl methyl sites for hydroxylation is 2. The number of benzene rings is 1. The van der Waals surface area contributed by atoms with Gasteiger partial charge in [-0.3, -0.25) is 0 Å². The number of rotatable bonds is 2. The molecule has 4 heteroatoms. The summed E-state index contributed by atoms with van der Waals surface area (Å²) in [6.45, 7) is 4.11. The molecule has 0 spiro atoms. The Labute approximate surface area is 94.5 Å². The van der Waals surface area contributed by atoms with Crippen molar-refractivity contribution in [3.8, 4) is 0 Å². The first-order valence-corrected chi connectivity index (χ1v) is 5.07. The molecule has 0 saturated heterocycles. The van der Waals surface area contributed by atoms with E-state index >= 15 is 0 Å². The van der Waals surface area contributed by atoms with Crippen LogP contribution < -0.4 is 11.1 Å². The average Bonchev–Trinajstić information content (AvgIpc) is 2.25. The van der Waals surface area contributed by atoms with Crippen molar-refractivity contribution in [1.82, 2.24) is 9.97 Å². The summed E-state index contributed by atoms with van der Waals surface area (Å²) in [6, 6.07) is 6.16. The van der Waals surface area contributed by atoms with Crippen LogP contribution in [0, 0.1) is 13.8 Å². The predicted molar refractivity (Wildman–Crippen MR) is 65.6 cm³/mol. The monoisotopic (exact) mass is 214 g/mol. The van der Waals surface area contributed by atoms with Gasteiger partial charge in [-0.05, 0) is 25.5 Å². The van der Waals surface area contributed by atoms with Crippen molar-refractivity contribution in [3.63, 3.8) is 0 Å². The van der Waals surface area contributed by atoms with Crippen LogP contribution in [0.3, 0.4) is 0 Å². The first-order valence-electron chi connectivity index (χ1n) is 5.07. The highest BCUT2D eigenvalue weighted by Crippen LogP contribution is 2.22. The minimum atomic E-state index is 0.405. The third-order valence-electron chi connectivity index (χ3n) is 2.36. The van der Waals surface area contributed by atoms with E-state index in [1.807, 2.05) is 19.1 Å². The highest BCUT2D eigenvalue weighted by molar-refractivity contribution is 5.67. The molecular formula is C12H14N4. The number of anilines is 3. The number of nitrogen functional groups attached to an aromatic ring is 1. The van der Waals surface area contributed by atoms with Gasteiger partial charge < -0.3 is 11.1 Å². The summed E-state index contributed by atoms with van der Waals surface area (Å²) in [5.74, 6) is 0.997. The van der Waals surface area contributed by atoms with Crippen molar-refractivity contribution in [1.29, 1.82) is 0 Å². The summed E-state index contributed by atoms with van der Waals surface area (Å²) < 4.78 is 0. The van der Waals surface area contributed by atoms with Crippen molar-refractivity contribution in [2.45, 2.75) is 13.8 Å². The van der Waals surface area contributed by atoms with E-state index in [0.717, 1.165) is 11.3 Å². The molecule has 0 atom stereocenters. The van der Waals surface area contributed by atoms with E-state index in [-0.39, 0.29) is 0 Å². The zero-order valence-corrected chi connectivity index (χ0v) is 9.36. The Hall–Kier alpha value is -2.10. The molecule has 0 aliphatic rings. The lowest BCUT2D eigenvalue weighted by atomic mass is 10.1. The Balaban J connectivity index is 2.31. The molecule has 16 heavy (non-hydrogen) atoms. The van der Waals surface area contributed by atoms with Gasteiger partial charge in [-0.25, -0.2) is 9.97 Å². The molecule has 4 nitrogen and oxygen atoms in total. The largest absolute Gasteiger partial charge is 0.381 e. The SMILES string of the molecule is Cc1ccc(Nc2nccnc2N)c(C)c1. The molecular weight excluding hydrogens is 200 g/mol. The minimum Gasteiger partial charge on any atom is -0.381 e. The van der Waals surface area contributed by atoms with Crippen LogP contribution in [0.25, 0.3) is 0 Å². The van der Waals surface area contributed by atoms with E-state index in [1.54, 1.807) is 12.4 Å². The van der Waals surface area contributed by atoms with Gasteiger partial charge in [0.25, 0.3) is 0 Å². The van der Waals surface area contributed by atoms with Gasteiger partial charge >= 0.3 is 0 Å². The predicted octanol–water partition coefficient (Wildman–Crippen LogP) is 2.42. The third kappa shape index (κ3) is 2.11. The molecule has 1 heterocycles. The van der Waals surface area contributed by atoms with E-state index in [0.29, 0.717) is 11.6 Å². The summed E-state index contributed by atoms with van der Waals surface area (Å²) in [4.78, 5) is 8.11. The van der Waals surface area contributed by atoms with Gasteiger partial charge in [-0.1, -0.05) is 17.7 Å². The van der Waals surface area contributed by atoms with Gasteiger partial charge in [0.15, 0.2) is 11.6 Å². The van der Waals surface area contributed by atoms with E-state index in [2.05, 4.69) is 28.3 Å². The lowest BCUT2D eigenvalue weighted by Gasteiger charge is -2.10. The number of aromatic nitrogens is 2. The zero-order valence-electron chi connectivity index (χ0n) is 9.36. The molecule has 0 unspecified atom stereocenters. The fraction of sp³-hybridized carbons (Fsp3) is 0.167. The standard InChI is InChI=1S/C12H14N4/c1-8-3-4-10(9(2)7-8)16-12-11(13)14-5-6-15-12/h3-7H,1-2H3,(H2,13,14)(H,15,16). The Morgan fingerprint density at radius 2 is 1.88 bits per heavy atom. The van der Waals surface area contributed by atoms with Crippen molar-refractivity contribution < 1.29 is 0 Å². The second-order valence-corrected chi connectivity index (χ2v) is 3.73. The summed E-state index contributed by atoms with van der Waals surface area (Å²) in [5, 5.41) is 3.17. The average molecular weight is 214 g/mol. The van der Waals surface area contributed by atoms with Crippen LogP contribution in [-0.2, 0) is 0 Å². The molecule has 3 N–H and O–H groups in total. The fourth-order valence-electron chi connectivity index (χ4n) is 1.53. The molecule has 82 valence electrons. The summed E-state index contributed by atoms with van der Waals surface area (Å²) in [7, 11) is 0. The van der Waals surface area contributed by atoms with Crippen molar-refractivity contribution >= 4 is 17.3 Å². The van der Waals surface area contributed by atoms with Crippen molar-refractivity contribution in [3.05, 3.63) is 41.7 Å². The molecule has 0 amide bonds. The maximum Gasteiger partial charge on any atom is 0.173 e. The van der Waals surface area contributed by atoms with Crippen LogP contribution in [0.4, 0.5) is 17.3 Å². The van der Waals surface area contributed by atoms with Gasteiger partial charge in [0, 0.05) is 18.1 Å². The molecule has 0 radical (unpaired) electrons. The summed E-state index contributed by atoms with van der Waals surface area (Å²) >= 11 is 0. The Bertz CT molecular complexity index is 508. The number of nitrogens with one attached hydrogen (secondary N) is 1. The quantitative estimate of drug-likeness (QED) is 0.805. The van der Waals surface area contributed by atoms with Crippen molar-refractivity contribution in [2.75, 3.05) is 11.1 Å². The molecule has 2 aromatic rings. The lowest BCUT2D eigenvalue weighted by Crippen LogP contribution is -2.01. The number of nitrogens with two attached hydrogens (primary N) is 1. The molecule has 0 saturated carbocycles. The molecule has 2 rings (SSSR count). The van der Waals surface area contributed by atoms with Crippen LogP contribution in [-0.4, -0.2) is 9.97 Å². The van der Waals surface area contributed by atoms with Crippen LogP contribution in [0.15, 0.2) is 30.6 Å². The lowest BCUT2D eigenvalue weighted by molar-refractivity contribution is 1.20. The minimum absolute atomic E-state index is 0.405. The second kappa shape index (κ2) is 4.18. The van der Waals surface area contributed by atoms with Crippen LogP contribution in [0.2, 0.25) is 0 Å². The first-order chi connectivity index (χ1) is 7.66. The Morgan fingerprint density at radius 3 is 2.56 bits per heavy atom. The molecule has 0 fully saturated rings.